The third-order valence-electron chi connectivity index (χ3n) is 12.4. The van der Waals surface area contributed by atoms with E-state index in [-0.39, 0.29) is 40.5 Å². The van der Waals surface area contributed by atoms with Crippen LogP contribution in [0.15, 0.2) is 0 Å². The summed E-state index contributed by atoms with van der Waals surface area (Å²) in [6.07, 6.45) is 12.3. The van der Waals surface area contributed by atoms with Crippen LogP contribution in [-0.4, -0.2) is 93.5 Å². The van der Waals surface area contributed by atoms with Crippen molar-refractivity contribution < 1.29 is 28.2 Å². The zero-order valence-corrected chi connectivity index (χ0v) is 30.6. The molecule has 7 atom stereocenters. The topological polar surface area (TPSA) is 171 Å². The van der Waals surface area contributed by atoms with E-state index in [1.807, 2.05) is 20.8 Å². The normalized spacial score (nSPS) is 28.2. The largest absolute Gasteiger partial charge is 0.363 e. The van der Waals surface area contributed by atoms with Gasteiger partial charge in [-0.3, -0.25) is 19.2 Å². The van der Waals surface area contributed by atoms with Gasteiger partial charge in [0.1, 0.15) is 12.1 Å². The minimum atomic E-state index is -1.22. The molecule has 5 aliphatic rings. The van der Waals surface area contributed by atoms with Crippen LogP contribution in [0.2, 0.25) is 0 Å². The summed E-state index contributed by atoms with van der Waals surface area (Å²) in [4.78, 5) is 69.5. The second kappa shape index (κ2) is 14.0. The number of likely N-dealkylation sites (N-methyl/N-ethyl adjacent to an activating group) is 1. The maximum Gasteiger partial charge on any atom is 0.315 e. The molecule has 13 heteroatoms. The molecule has 5 N–H and O–H groups in total. The predicted molar refractivity (Wildman–Crippen MR) is 183 cm³/mol. The van der Waals surface area contributed by atoms with Gasteiger partial charge in [0.15, 0.2) is 0 Å². The van der Waals surface area contributed by atoms with Gasteiger partial charge in [-0.2, -0.15) is 0 Å². The number of hydrogen-bond donors (Lipinski definition) is 4. The highest BCUT2D eigenvalue weighted by atomic mass is 32.2. The summed E-state index contributed by atoms with van der Waals surface area (Å²) < 4.78 is 13.8. The minimum Gasteiger partial charge on any atom is -0.363 e. The van der Waals surface area contributed by atoms with Gasteiger partial charge in [0.05, 0.1) is 17.0 Å². The Morgan fingerprint density at radius 2 is 1.60 bits per heavy atom. The number of nitrogens with zero attached hydrogens (tertiary/aromatic N) is 2. The Morgan fingerprint density at radius 3 is 2.15 bits per heavy atom. The SMILES string of the molecule is CN(C[C@@H](NC(=O)N[C@H](C(=O)N1C[C@H]2[C@H](CCC23CC3)[C@H]1C(=O)NC(CC1CC1)C(=O)C(N)=O)C1(C)CCCCC1)C(C)(C)C)S(C)=O. The molecule has 1 heterocycles. The predicted octanol–water partition coefficient (Wildman–Crippen LogP) is 2.62. The maximum atomic E-state index is 14.9. The van der Waals surface area contributed by atoms with Gasteiger partial charge in [-0.1, -0.05) is 59.8 Å². The summed E-state index contributed by atoms with van der Waals surface area (Å²) in [6.45, 7) is 8.89. The fraction of sp³-hybridized carbons (Fsp3) is 0.857. The number of Topliss-reactive ketones (excluding diaryl/α,β-unsaturated/α-hetero) is 1. The van der Waals surface area contributed by atoms with Crippen LogP contribution < -0.4 is 21.7 Å². The number of carbonyl (C=O) groups is 5. The third kappa shape index (κ3) is 7.92. The van der Waals surface area contributed by atoms with Gasteiger partial charge in [0.2, 0.25) is 17.6 Å². The quantitative estimate of drug-likeness (QED) is 0.217. The standard InChI is InChI=1S/C35H58N6O6S/c1-33(2,3)25(20-40(5)48(6)47)38-32(46)39-28(34(4)13-8-7-9-14-34)31(45)41-19-23-22(12-15-35(23)16-17-35)26(41)30(44)37-24(18-21-10-11-21)27(42)29(36)43/h21-26,28H,7-20H2,1-6H3,(H2,36,43)(H,37,44)(H2,38,39,46)/t22-,23-,24?,25+,26-,28+,48?/m0/s1. The van der Waals surface area contributed by atoms with Crippen LogP contribution in [0.3, 0.4) is 0 Å². The number of urea groups is 1. The molecule has 0 radical (unpaired) electrons. The Balaban J connectivity index is 1.42. The van der Waals surface area contributed by atoms with Gasteiger partial charge in [-0.15, -0.1) is 0 Å². The first-order chi connectivity index (χ1) is 22.5. The first kappa shape index (κ1) is 36.7. The fourth-order valence-corrected chi connectivity index (χ4v) is 9.19. The van der Waals surface area contributed by atoms with Crippen molar-refractivity contribution in [2.45, 2.75) is 129 Å². The summed E-state index contributed by atoms with van der Waals surface area (Å²) in [5, 5.41) is 9.07. The third-order valence-corrected chi connectivity index (χ3v) is 13.5. The Labute approximate surface area is 288 Å². The molecule has 4 saturated carbocycles. The highest BCUT2D eigenvalue weighted by Gasteiger charge is 2.64. The first-order valence-electron chi connectivity index (χ1n) is 18.0. The van der Waals surface area contributed by atoms with Crippen LogP contribution in [0.25, 0.3) is 0 Å². The molecular formula is C35H58N6O6S. The molecule has 0 bridgehead atoms. The number of likely N-dealkylation sites (tertiary alicyclic amines) is 1. The van der Waals surface area contributed by atoms with E-state index < -0.39 is 58.2 Å². The number of nitrogens with two attached hydrogens (primary N) is 1. The second-order valence-electron chi connectivity index (χ2n) is 17.0. The van der Waals surface area contributed by atoms with Gasteiger partial charge in [0.25, 0.3) is 5.91 Å². The zero-order chi connectivity index (χ0) is 35.2. The molecule has 5 rings (SSSR count). The number of carbonyl (C=O) groups excluding carboxylic acids is 5. The number of hydrogen-bond acceptors (Lipinski definition) is 6. The number of ketones is 1. The molecular weight excluding hydrogens is 632 g/mol. The summed E-state index contributed by atoms with van der Waals surface area (Å²) in [6, 6.07) is -3.48. The van der Waals surface area contributed by atoms with E-state index in [4.69, 9.17) is 5.73 Å². The monoisotopic (exact) mass is 690 g/mol. The summed E-state index contributed by atoms with van der Waals surface area (Å²) in [7, 11) is 0.531. The highest BCUT2D eigenvalue weighted by molar-refractivity contribution is 7.81. The van der Waals surface area contributed by atoms with E-state index in [1.165, 1.54) is 0 Å². The van der Waals surface area contributed by atoms with Crippen molar-refractivity contribution in [1.82, 2.24) is 25.2 Å². The Kier molecular flexibility index (Phi) is 10.7. The average Bonchev–Trinajstić information content (AvgIpc) is 3.92. The number of primary amides is 1. The smallest absolute Gasteiger partial charge is 0.315 e. The van der Waals surface area contributed by atoms with Crippen LogP contribution in [0, 0.1) is 34.0 Å². The molecule has 48 heavy (non-hydrogen) atoms. The fourth-order valence-electron chi connectivity index (χ4n) is 8.83. The molecule has 12 nitrogen and oxygen atoms in total. The van der Waals surface area contributed by atoms with Crippen LogP contribution in [-0.2, 0) is 30.2 Å². The Hall–Kier alpha value is -2.54. The molecule has 5 fully saturated rings. The van der Waals surface area contributed by atoms with E-state index in [0.29, 0.717) is 19.5 Å². The molecule has 1 aliphatic heterocycles. The van der Waals surface area contributed by atoms with Gasteiger partial charge in [0, 0.05) is 25.4 Å². The number of fused-ring (bicyclic) bond motifs is 2. The van der Waals surface area contributed by atoms with Crippen molar-refractivity contribution in [3.63, 3.8) is 0 Å². The van der Waals surface area contributed by atoms with Crippen LogP contribution in [0.4, 0.5) is 4.79 Å². The van der Waals surface area contributed by atoms with E-state index >= 15 is 0 Å². The lowest BCUT2D eigenvalue weighted by Gasteiger charge is -2.43. The number of nitrogens with one attached hydrogen (secondary N) is 3. The molecule has 1 spiro atoms. The molecule has 0 aromatic rings. The molecule has 2 unspecified atom stereocenters. The first-order valence-corrected chi connectivity index (χ1v) is 19.5. The van der Waals surface area contributed by atoms with Crippen LogP contribution in [0.1, 0.15) is 105 Å². The maximum absolute atomic E-state index is 14.9. The lowest BCUT2D eigenvalue weighted by atomic mass is 9.70. The molecule has 5 amide bonds. The molecule has 270 valence electrons. The summed E-state index contributed by atoms with van der Waals surface area (Å²) in [5.41, 5.74) is 4.66. The average molecular weight is 691 g/mol. The lowest BCUT2D eigenvalue weighted by Crippen LogP contribution is -2.63. The molecule has 4 aliphatic carbocycles. The van der Waals surface area contributed by atoms with Crippen LogP contribution >= 0.6 is 0 Å². The van der Waals surface area contributed by atoms with E-state index in [1.54, 1.807) is 22.5 Å². The Morgan fingerprint density at radius 1 is 0.958 bits per heavy atom. The van der Waals surface area contributed by atoms with E-state index in [9.17, 15) is 28.2 Å². The van der Waals surface area contributed by atoms with Gasteiger partial charge in [-0.05, 0) is 86.0 Å². The number of rotatable bonds is 13. The van der Waals surface area contributed by atoms with Crippen LogP contribution in [0.5, 0.6) is 0 Å². The highest BCUT2D eigenvalue weighted by Crippen LogP contribution is 2.66. The van der Waals surface area contributed by atoms with Gasteiger partial charge < -0.3 is 26.6 Å². The summed E-state index contributed by atoms with van der Waals surface area (Å²) >= 11 is 0. The molecule has 0 aromatic heterocycles. The van der Waals surface area contributed by atoms with Crippen molar-refractivity contribution in [2.75, 3.05) is 26.4 Å². The van der Waals surface area contributed by atoms with Crippen molar-refractivity contribution in [1.29, 1.82) is 0 Å². The van der Waals surface area contributed by atoms with Gasteiger partial charge >= 0.3 is 6.03 Å². The zero-order valence-electron chi connectivity index (χ0n) is 29.8. The second-order valence-corrected chi connectivity index (χ2v) is 18.5. The lowest BCUT2D eigenvalue weighted by molar-refractivity contribution is -0.145. The molecule has 0 aromatic carbocycles. The van der Waals surface area contributed by atoms with E-state index in [2.05, 4.69) is 22.9 Å². The Bertz CT molecular complexity index is 1300. The molecule has 1 saturated heterocycles. The van der Waals surface area contributed by atoms with Crippen molar-refractivity contribution >= 4 is 40.5 Å². The van der Waals surface area contributed by atoms with E-state index in [0.717, 1.165) is 70.6 Å². The van der Waals surface area contributed by atoms with Crippen molar-refractivity contribution in [3.05, 3.63) is 0 Å². The summed E-state index contributed by atoms with van der Waals surface area (Å²) in [5.74, 6) is -2.15. The minimum absolute atomic E-state index is 0.0499. The van der Waals surface area contributed by atoms with Gasteiger partial charge in [-0.25, -0.2) is 13.3 Å². The van der Waals surface area contributed by atoms with Crippen molar-refractivity contribution in [3.8, 4) is 0 Å². The number of amides is 5. The van der Waals surface area contributed by atoms with Crippen molar-refractivity contribution in [2.24, 2.45) is 39.7 Å².